The smallest absolute Gasteiger partial charge is 0.255 e. The highest BCUT2D eigenvalue weighted by Gasteiger charge is 2.33. The number of nitrogens with two attached hydrogens (primary N) is 1. The third kappa shape index (κ3) is 2.99. The third-order valence-electron chi connectivity index (χ3n) is 3.65. The minimum atomic E-state index is 0.147. The van der Waals surface area contributed by atoms with Crippen LogP contribution in [0.3, 0.4) is 0 Å². The van der Waals surface area contributed by atoms with Gasteiger partial charge in [0.2, 0.25) is 0 Å². The van der Waals surface area contributed by atoms with Crippen molar-refractivity contribution in [3.63, 3.8) is 0 Å². The molecule has 4 heteroatoms. The topological polar surface area (TPSA) is 46.3 Å². The summed E-state index contributed by atoms with van der Waals surface area (Å²) in [5, 5.41) is 1.90. The van der Waals surface area contributed by atoms with Gasteiger partial charge in [0.1, 0.15) is 0 Å². The summed E-state index contributed by atoms with van der Waals surface area (Å²) in [5.41, 5.74) is 6.12. The molecule has 0 saturated carbocycles. The summed E-state index contributed by atoms with van der Waals surface area (Å²) in [6.45, 7) is 4.63. The van der Waals surface area contributed by atoms with Gasteiger partial charge in [0.25, 0.3) is 5.91 Å². The molecule has 19 heavy (non-hydrogen) atoms. The lowest BCUT2D eigenvalue weighted by Crippen LogP contribution is -2.39. The largest absolute Gasteiger partial charge is 0.333 e. The van der Waals surface area contributed by atoms with Crippen LogP contribution in [0.25, 0.3) is 0 Å². The van der Waals surface area contributed by atoms with Crippen molar-refractivity contribution >= 4 is 17.2 Å². The number of hydrogen-bond donors (Lipinski definition) is 1. The number of nitrogens with zero attached hydrogens (tertiary/aromatic N) is 1. The Kier molecular flexibility index (Phi) is 4.62. The molecule has 0 aromatic carbocycles. The molecule has 1 saturated heterocycles. The number of carbonyl (C=O) groups is 1. The molecule has 1 aliphatic heterocycles. The first kappa shape index (κ1) is 14.1. The fourth-order valence-electron chi connectivity index (χ4n) is 2.64. The van der Waals surface area contributed by atoms with Crippen molar-refractivity contribution in [3.8, 4) is 11.8 Å². The van der Waals surface area contributed by atoms with Gasteiger partial charge < -0.3 is 10.6 Å². The van der Waals surface area contributed by atoms with E-state index in [1.807, 2.05) is 16.3 Å². The molecule has 0 aliphatic carbocycles. The Morgan fingerprint density at radius 1 is 1.58 bits per heavy atom. The molecule has 0 radical (unpaired) electrons. The molecule has 1 aromatic heterocycles. The molecule has 1 aromatic rings. The third-order valence-corrected chi connectivity index (χ3v) is 4.50. The fourth-order valence-corrected chi connectivity index (χ4v) is 3.39. The van der Waals surface area contributed by atoms with E-state index in [1.54, 1.807) is 0 Å². The van der Waals surface area contributed by atoms with E-state index >= 15 is 0 Å². The second-order valence-electron chi connectivity index (χ2n) is 4.91. The van der Waals surface area contributed by atoms with Crippen molar-refractivity contribution in [2.24, 2.45) is 5.73 Å². The summed E-state index contributed by atoms with van der Waals surface area (Å²) in [6, 6.07) is 2.62. The molecule has 102 valence electrons. The maximum atomic E-state index is 12.6. The monoisotopic (exact) mass is 276 g/mol. The summed E-state index contributed by atoms with van der Waals surface area (Å²) < 4.78 is 0. The first-order valence-electron chi connectivity index (χ1n) is 6.77. The Morgan fingerprint density at radius 3 is 3.05 bits per heavy atom. The van der Waals surface area contributed by atoms with Gasteiger partial charge in [0.05, 0.1) is 17.0 Å². The molecular formula is C15H20N2OS. The van der Waals surface area contributed by atoms with Crippen LogP contribution in [0.15, 0.2) is 11.4 Å². The van der Waals surface area contributed by atoms with Gasteiger partial charge in [-0.1, -0.05) is 18.8 Å². The van der Waals surface area contributed by atoms with Gasteiger partial charge in [-0.2, -0.15) is 0 Å². The van der Waals surface area contributed by atoms with Crippen LogP contribution in [0.2, 0.25) is 0 Å². The number of thiophene rings is 1. The normalized spacial score (nSPS) is 22.2. The molecule has 0 spiro atoms. The highest BCUT2D eigenvalue weighted by molar-refractivity contribution is 7.10. The van der Waals surface area contributed by atoms with Gasteiger partial charge in [0, 0.05) is 17.5 Å². The Hall–Kier alpha value is -1.31. The molecule has 1 fully saturated rings. The SMILES string of the molecule is CCC1CCC(C)N1C(=O)c1csc(C#CCN)c1. The van der Waals surface area contributed by atoms with Crippen LogP contribution in [0.5, 0.6) is 0 Å². The van der Waals surface area contributed by atoms with Crippen molar-refractivity contribution < 1.29 is 4.79 Å². The van der Waals surface area contributed by atoms with Crippen molar-refractivity contribution in [2.75, 3.05) is 6.54 Å². The lowest BCUT2D eigenvalue weighted by Gasteiger charge is -2.27. The zero-order valence-electron chi connectivity index (χ0n) is 11.5. The minimum Gasteiger partial charge on any atom is -0.333 e. The molecule has 1 amide bonds. The van der Waals surface area contributed by atoms with Gasteiger partial charge >= 0.3 is 0 Å². The van der Waals surface area contributed by atoms with Crippen molar-refractivity contribution in [3.05, 3.63) is 21.9 Å². The van der Waals surface area contributed by atoms with Crippen molar-refractivity contribution in [1.82, 2.24) is 4.90 Å². The summed E-state index contributed by atoms with van der Waals surface area (Å²) in [6.07, 6.45) is 3.25. The Balaban J connectivity index is 2.17. The van der Waals surface area contributed by atoms with E-state index in [0.29, 0.717) is 18.6 Å². The van der Waals surface area contributed by atoms with E-state index in [1.165, 1.54) is 11.3 Å². The molecular weight excluding hydrogens is 256 g/mol. The first-order valence-corrected chi connectivity index (χ1v) is 7.65. The lowest BCUT2D eigenvalue weighted by atomic mass is 10.1. The van der Waals surface area contributed by atoms with Crippen LogP contribution in [0.1, 0.15) is 48.3 Å². The molecule has 2 heterocycles. The second kappa shape index (κ2) is 6.23. The maximum Gasteiger partial charge on any atom is 0.255 e. The van der Waals surface area contributed by atoms with Crippen molar-refractivity contribution in [1.29, 1.82) is 0 Å². The average Bonchev–Trinajstić information content (AvgIpc) is 3.02. The number of rotatable bonds is 2. The van der Waals surface area contributed by atoms with E-state index < -0.39 is 0 Å². The second-order valence-corrected chi connectivity index (χ2v) is 5.82. The molecule has 2 N–H and O–H groups in total. The number of amides is 1. The summed E-state index contributed by atoms with van der Waals surface area (Å²) >= 11 is 1.51. The number of carbonyl (C=O) groups excluding carboxylic acids is 1. The summed E-state index contributed by atoms with van der Waals surface area (Å²) in [4.78, 5) is 15.5. The Labute approximate surface area is 118 Å². The van der Waals surface area contributed by atoms with E-state index in [9.17, 15) is 4.79 Å². The minimum absolute atomic E-state index is 0.147. The van der Waals surface area contributed by atoms with E-state index in [2.05, 4.69) is 25.7 Å². The van der Waals surface area contributed by atoms with Crippen LogP contribution in [-0.2, 0) is 0 Å². The van der Waals surface area contributed by atoms with Crippen LogP contribution in [0.4, 0.5) is 0 Å². The zero-order valence-corrected chi connectivity index (χ0v) is 12.3. The van der Waals surface area contributed by atoms with Crippen LogP contribution in [-0.4, -0.2) is 29.4 Å². The van der Waals surface area contributed by atoms with E-state index in [0.717, 1.165) is 29.7 Å². The lowest BCUT2D eigenvalue weighted by molar-refractivity contribution is 0.0677. The van der Waals surface area contributed by atoms with Crippen LogP contribution >= 0.6 is 11.3 Å². The summed E-state index contributed by atoms with van der Waals surface area (Å²) in [5.74, 6) is 5.94. The van der Waals surface area contributed by atoms with Gasteiger partial charge in [-0.05, 0) is 32.3 Å². The van der Waals surface area contributed by atoms with Crippen LogP contribution in [0, 0.1) is 11.8 Å². The summed E-state index contributed by atoms with van der Waals surface area (Å²) in [7, 11) is 0. The predicted molar refractivity (Wildman–Crippen MR) is 79.2 cm³/mol. The predicted octanol–water partition coefficient (Wildman–Crippen LogP) is 2.46. The quantitative estimate of drug-likeness (QED) is 0.843. The van der Waals surface area contributed by atoms with Gasteiger partial charge in [-0.3, -0.25) is 4.79 Å². The molecule has 2 atom stereocenters. The number of hydrogen-bond acceptors (Lipinski definition) is 3. The standard InChI is InChI=1S/C15H20N2OS/c1-3-13-7-6-11(2)17(13)15(18)12-9-14(19-10-12)5-4-8-16/h9-11,13H,3,6-8,16H2,1-2H3. The van der Waals surface area contributed by atoms with Crippen molar-refractivity contribution in [2.45, 2.75) is 45.2 Å². The molecule has 2 unspecified atom stereocenters. The van der Waals surface area contributed by atoms with Gasteiger partial charge in [-0.15, -0.1) is 11.3 Å². The molecule has 3 nitrogen and oxygen atoms in total. The van der Waals surface area contributed by atoms with E-state index in [-0.39, 0.29) is 5.91 Å². The zero-order chi connectivity index (χ0) is 13.8. The Bertz CT molecular complexity index is 512. The van der Waals surface area contributed by atoms with Crippen LogP contribution < -0.4 is 5.73 Å². The van der Waals surface area contributed by atoms with E-state index in [4.69, 9.17) is 5.73 Å². The molecule has 1 aliphatic rings. The fraction of sp³-hybridized carbons (Fsp3) is 0.533. The molecule has 0 bridgehead atoms. The van der Waals surface area contributed by atoms with Gasteiger partial charge in [-0.25, -0.2) is 0 Å². The Morgan fingerprint density at radius 2 is 2.37 bits per heavy atom. The average molecular weight is 276 g/mol. The number of likely N-dealkylation sites (tertiary alicyclic amines) is 1. The van der Waals surface area contributed by atoms with Gasteiger partial charge in [0.15, 0.2) is 0 Å². The first-order chi connectivity index (χ1) is 9.17. The highest BCUT2D eigenvalue weighted by atomic mass is 32.1. The molecule has 2 rings (SSSR count). The maximum absolute atomic E-state index is 12.6. The highest BCUT2D eigenvalue weighted by Crippen LogP contribution is 2.28.